The Morgan fingerprint density at radius 2 is 1.69 bits per heavy atom. The van der Waals surface area contributed by atoms with E-state index in [2.05, 4.69) is 0 Å². The first-order valence-corrected chi connectivity index (χ1v) is 12.9. The molecule has 6 nitrogen and oxygen atoms in total. The Labute approximate surface area is 187 Å². The van der Waals surface area contributed by atoms with E-state index in [4.69, 9.17) is 14.3 Å². The Morgan fingerprint density at radius 1 is 1.03 bits per heavy atom. The van der Waals surface area contributed by atoms with Crippen molar-refractivity contribution in [3.05, 3.63) is 95.1 Å². The number of fused-ring (bicyclic) bond motifs is 1. The van der Waals surface area contributed by atoms with Gasteiger partial charge in [-0.1, -0.05) is 29.8 Å². The highest BCUT2D eigenvalue weighted by atomic mass is 32.2. The van der Waals surface area contributed by atoms with Crippen LogP contribution in [0.2, 0.25) is 0 Å². The standard InChI is InChI=1S/C24H20NO5PS/c1-3-29-31(26)23(19-12-10-18(16-25)11-13-19)24(21-6-4-5-7-22(21)30-31)32(27,28)20-14-8-17(2)9-15-20/h4-15H,3H2,1-2H3. The largest absolute Gasteiger partial charge is 0.620 e. The molecule has 1 unspecified atom stereocenters. The average molecular weight is 465 g/mol. The van der Waals surface area contributed by atoms with E-state index < -0.39 is 17.8 Å². The van der Waals surface area contributed by atoms with Crippen molar-refractivity contribution in [1.29, 1.82) is 5.26 Å². The minimum atomic E-state index is -4.11. The van der Waals surface area contributed by atoms with Crippen LogP contribution in [0.1, 0.15) is 29.2 Å². The second-order valence-corrected chi connectivity index (χ2v) is 11.0. The monoisotopic (exact) mass is 465 g/mol. The minimum Gasteiger partial charge on any atom is -0.620 e. The molecule has 8 heteroatoms. The van der Waals surface area contributed by atoms with Gasteiger partial charge in [0.2, 0.25) is 9.84 Å². The fourth-order valence-corrected chi connectivity index (χ4v) is 7.64. The third-order valence-electron chi connectivity index (χ3n) is 5.03. The SMILES string of the molecule is CCO[P+]1([O-])Oc2ccccc2C(S(=O)(=O)c2ccc(C)cc2)=C1c1ccc(C#N)cc1. The summed E-state index contributed by atoms with van der Waals surface area (Å²) >= 11 is 0. The molecule has 3 aromatic rings. The summed E-state index contributed by atoms with van der Waals surface area (Å²) in [5.74, 6) is 0.173. The van der Waals surface area contributed by atoms with Crippen molar-refractivity contribution in [1.82, 2.24) is 0 Å². The number of hydrogen-bond donors (Lipinski definition) is 0. The molecule has 4 rings (SSSR count). The topological polar surface area (TPSA) is 99.4 Å². The molecule has 0 N–H and O–H groups in total. The van der Waals surface area contributed by atoms with Crippen LogP contribution in [-0.2, 0) is 14.4 Å². The zero-order valence-corrected chi connectivity index (χ0v) is 19.2. The van der Waals surface area contributed by atoms with E-state index in [0.717, 1.165) is 5.56 Å². The number of para-hydroxylation sites is 1. The number of benzene rings is 3. The van der Waals surface area contributed by atoms with Crippen LogP contribution in [0, 0.1) is 18.3 Å². The molecule has 1 atom stereocenters. The van der Waals surface area contributed by atoms with Crippen LogP contribution in [0.25, 0.3) is 10.2 Å². The van der Waals surface area contributed by atoms with Crippen molar-refractivity contribution in [2.45, 2.75) is 18.7 Å². The Bertz CT molecular complexity index is 1340. The summed E-state index contributed by atoms with van der Waals surface area (Å²) in [5, 5.41) is 9.11. The molecule has 0 saturated carbocycles. The Kier molecular flexibility index (Phi) is 5.89. The summed E-state index contributed by atoms with van der Waals surface area (Å²) in [4.78, 5) is 13.9. The smallest absolute Gasteiger partial charge is 0.320 e. The molecule has 0 radical (unpaired) electrons. The highest BCUT2D eigenvalue weighted by Gasteiger charge is 2.49. The summed E-state index contributed by atoms with van der Waals surface area (Å²) < 4.78 is 39.2. The first-order chi connectivity index (χ1) is 15.3. The third-order valence-corrected chi connectivity index (χ3v) is 9.10. The molecule has 1 aliphatic rings. The van der Waals surface area contributed by atoms with Crippen molar-refractivity contribution >= 4 is 28.0 Å². The second kappa shape index (κ2) is 8.50. The quantitative estimate of drug-likeness (QED) is 0.506. The fourth-order valence-electron chi connectivity index (χ4n) is 3.52. The Hall–Kier alpha value is -3.01. The minimum absolute atomic E-state index is 0.0388. The van der Waals surface area contributed by atoms with Crippen LogP contribution in [0.4, 0.5) is 0 Å². The molecule has 1 aliphatic heterocycles. The maximum Gasteiger partial charge on any atom is 0.320 e. The van der Waals surface area contributed by atoms with Crippen LogP contribution in [0.5, 0.6) is 5.75 Å². The molecular formula is C24H20NO5PS. The number of rotatable bonds is 5. The first kappa shape index (κ1) is 22.2. The molecule has 0 aliphatic carbocycles. The van der Waals surface area contributed by atoms with Gasteiger partial charge in [0.15, 0.2) is 11.1 Å². The lowest BCUT2D eigenvalue weighted by molar-refractivity contribution is -0.205. The van der Waals surface area contributed by atoms with Crippen LogP contribution >= 0.6 is 7.94 Å². The number of sulfone groups is 1. The van der Waals surface area contributed by atoms with Crippen molar-refractivity contribution in [3.63, 3.8) is 0 Å². The van der Waals surface area contributed by atoms with Crippen LogP contribution in [0.15, 0.2) is 77.7 Å². The maximum atomic E-state index is 14.0. The summed E-state index contributed by atoms with van der Waals surface area (Å²) in [6.45, 7) is 3.58. The third kappa shape index (κ3) is 3.83. The molecule has 1 heterocycles. The predicted octanol–water partition coefficient (Wildman–Crippen LogP) is 4.72. The molecule has 0 fully saturated rings. The molecule has 0 spiro atoms. The lowest BCUT2D eigenvalue weighted by Gasteiger charge is -2.34. The Morgan fingerprint density at radius 3 is 2.31 bits per heavy atom. The number of nitriles is 1. The lowest BCUT2D eigenvalue weighted by Crippen LogP contribution is -2.25. The molecular weight excluding hydrogens is 445 g/mol. The van der Waals surface area contributed by atoms with Gasteiger partial charge in [-0.15, -0.1) is 0 Å². The fraction of sp³-hybridized carbons (Fsp3) is 0.125. The van der Waals surface area contributed by atoms with Crippen LogP contribution in [0.3, 0.4) is 0 Å². The normalized spacial score (nSPS) is 17.9. The molecule has 0 saturated heterocycles. The number of aryl methyl sites for hydroxylation is 1. The molecule has 32 heavy (non-hydrogen) atoms. The summed E-state index contributed by atoms with van der Waals surface area (Å²) in [5.41, 5.74) is 1.96. The van der Waals surface area contributed by atoms with E-state index >= 15 is 0 Å². The van der Waals surface area contributed by atoms with Crippen molar-refractivity contribution in [2.24, 2.45) is 0 Å². The first-order valence-electron chi connectivity index (χ1n) is 9.91. The van der Waals surface area contributed by atoms with Crippen molar-refractivity contribution in [3.8, 4) is 11.8 Å². The summed E-state index contributed by atoms with van der Waals surface area (Å²) in [7, 11) is -8.18. The average Bonchev–Trinajstić information content (AvgIpc) is 2.78. The molecule has 0 aromatic heterocycles. The van der Waals surface area contributed by atoms with Gasteiger partial charge in [0.1, 0.15) is 4.91 Å². The van der Waals surface area contributed by atoms with E-state index in [1.54, 1.807) is 55.5 Å². The van der Waals surface area contributed by atoms with Gasteiger partial charge in [0.05, 0.1) is 23.1 Å². The molecule has 0 amide bonds. The van der Waals surface area contributed by atoms with E-state index in [0.29, 0.717) is 16.7 Å². The van der Waals surface area contributed by atoms with Crippen molar-refractivity contribution < 1.29 is 22.4 Å². The van der Waals surface area contributed by atoms with E-state index in [9.17, 15) is 13.3 Å². The number of nitrogens with zero attached hydrogens (tertiary/aromatic N) is 1. The van der Waals surface area contributed by atoms with Gasteiger partial charge >= 0.3 is 7.94 Å². The van der Waals surface area contributed by atoms with Gasteiger partial charge in [-0.25, -0.2) is 8.42 Å². The summed E-state index contributed by atoms with van der Waals surface area (Å²) in [6.07, 6.45) is 0. The second-order valence-electron chi connectivity index (χ2n) is 7.19. The Balaban J connectivity index is 2.10. The van der Waals surface area contributed by atoms with Gasteiger partial charge in [-0.3, -0.25) is 0 Å². The lowest BCUT2D eigenvalue weighted by atomic mass is 10.1. The van der Waals surface area contributed by atoms with E-state index in [-0.39, 0.29) is 27.5 Å². The van der Waals surface area contributed by atoms with Crippen LogP contribution < -0.4 is 9.42 Å². The molecule has 162 valence electrons. The summed E-state index contributed by atoms with van der Waals surface area (Å²) in [6, 6.07) is 21.2. The van der Waals surface area contributed by atoms with E-state index in [1.807, 2.05) is 13.0 Å². The van der Waals surface area contributed by atoms with Crippen LogP contribution in [-0.4, -0.2) is 15.0 Å². The van der Waals surface area contributed by atoms with E-state index in [1.165, 1.54) is 24.3 Å². The van der Waals surface area contributed by atoms with Gasteiger partial charge in [-0.2, -0.15) is 9.79 Å². The zero-order chi connectivity index (χ0) is 22.9. The molecule has 3 aromatic carbocycles. The highest BCUT2D eigenvalue weighted by Crippen LogP contribution is 2.70. The highest BCUT2D eigenvalue weighted by molar-refractivity contribution is 8.02. The zero-order valence-electron chi connectivity index (χ0n) is 17.5. The predicted molar refractivity (Wildman–Crippen MR) is 122 cm³/mol. The van der Waals surface area contributed by atoms with Gasteiger partial charge in [0, 0.05) is 11.1 Å². The van der Waals surface area contributed by atoms with Gasteiger partial charge in [-0.05, 0) is 62.4 Å². The van der Waals surface area contributed by atoms with Gasteiger partial charge in [0.25, 0.3) is 0 Å². The van der Waals surface area contributed by atoms with Crippen molar-refractivity contribution in [2.75, 3.05) is 6.61 Å². The molecule has 0 bridgehead atoms. The maximum absolute atomic E-state index is 14.0. The van der Waals surface area contributed by atoms with Gasteiger partial charge < -0.3 is 9.42 Å². The number of hydrogen-bond acceptors (Lipinski definition) is 6.